The van der Waals surface area contributed by atoms with Crippen LogP contribution < -0.4 is 5.32 Å². The molecule has 0 aliphatic heterocycles. The Kier molecular flexibility index (Phi) is 6.55. The lowest BCUT2D eigenvalue weighted by Crippen LogP contribution is -2.19. The zero-order chi connectivity index (χ0) is 15.2. The molecule has 21 heavy (non-hydrogen) atoms. The van der Waals surface area contributed by atoms with Crippen molar-refractivity contribution in [3.05, 3.63) is 51.6 Å². The average Bonchev–Trinajstić information content (AvgIpc) is 2.43. The Hall–Kier alpha value is -0.550. The molecule has 2 aromatic rings. The summed E-state index contributed by atoms with van der Waals surface area (Å²) >= 11 is 11.4. The van der Waals surface area contributed by atoms with Crippen LogP contribution in [0.1, 0.15) is 19.4 Å². The normalized spacial score (nSPS) is 11.1. The molecule has 0 radical (unpaired) electrons. The first-order valence-electron chi connectivity index (χ1n) is 6.84. The Balaban J connectivity index is 2.03. The van der Waals surface area contributed by atoms with E-state index in [1.54, 1.807) is 18.0 Å². The second-order valence-corrected chi connectivity index (χ2v) is 7.49. The second-order valence-electron chi connectivity index (χ2n) is 5.17. The summed E-state index contributed by atoms with van der Waals surface area (Å²) in [5, 5.41) is 4.96. The van der Waals surface area contributed by atoms with Gasteiger partial charge in [0.25, 0.3) is 0 Å². The van der Waals surface area contributed by atoms with Gasteiger partial charge in [-0.25, -0.2) is 4.98 Å². The molecule has 0 aliphatic carbocycles. The van der Waals surface area contributed by atoms with E-state index in [9.17, 15) is 0 Å². The van der Waals surface area contributed by atoms with Crippen LogP contribution in [0.3, 0.4) is 0 Å². The third-order valence-corrected chi connectivity index (χ3v) is 5.00. The van der Waals surface area contributed by atoms with Gasteiger partial charge in [0.15, 0.2) is 0 Å². The van der Waals surface area contributed by atoms with Crippen molar-refractivity contribution < 1.29 is 0 Å². The summed E-state index contributed by atoms with van der Waals surface area (Å²) in [7, 11) is 0. The van der Waals surface area contributed by atoms with Gasteiger partial charge in [0.2, 0.25) is 0 Å². The number of benzene rings is 1. The van der Waals surface area contributed by atoms with E-state index < -0.39 is 0 Å². The number of hydrogen-bond acceptors (Lipinski definition) is 3. The van der Waals surface area contributed by atoms with Gasteiger partial charge in [0, 0.05) is 22.1 Å². The number of pyridine rings is 1. The predicted molar refractivity (Wildman–Crippen MR) is 94.1 cm³/mol. The van der Waals surface area contributed by atoms with Crippen LogP contribution >= 0.6 is 39.3 Å². The van der Waals surface area contributed by atoms with E-state index in [1.165, 1.54) is 5.56 Å². The zero-order valence-corrected chi connectivity index (χ0v) is 15.2. The number of hydrogen-bond donors (Lipinski definition) is 1. The minimum absolute atomic E-state index is 0.657. The first-order valence-corrected chi connectivity index (χ1v) is 8.82. The SMILES string of the molecule is CC(C)CNCc1ccc(Sc2ncccc2Cl)cc1Br. The van der Waals surface area contributed by atoms with Crippen molar-refractivity contribution in [2.45, 2.75) is 30.3 Å². The molecule has 1 aromatic carbocycles. The van der Waals surface area contributed by atoms with Crippen LogP contribution in [0.5, 0.6) is 0 Å². The summed E-state index contributed by atoms with van der Waals surface area (Å²) in [5.41, 5.74) is 1.26. The summed E-state index contributed by atoms with van der Waals surface area (Å²) in [6.07, 6.45) is 1.76. The van der Waals surface area contributed by atoms with Gasteiger partial charge in [-0.15, -0.1) is 0 Å². The number of aromatic nitrogens is 1. The molecule has 0 bridgehead atoms. The third-order valence-electron chi connectivity index (χ3n) is 2.83. The molecule has 0 atom stereocenters. The van der Waals surface area contributed by atoms with Crippen molar-refractivity contribution in [3.63, 3.8) is 0 Å². The Morgan fingerprint density at radius 1 is 1.33 bits per heavy atom. The first-order chi connectivity index (χ1) is 10.1. The maximum atomic E-state index is 6.14. The summed E-state index contributed by atoms with van der Waals surface area (Å²) in [5.74, 6) is 0.657. The highest BCUT2D eigenvalue weighted by Gasteiger charge is 2.06. The quantitative estimate of drug-likeness (QED) is 0.721. The van der Waals surface area contributed by atoms with Crippen LogP contribution in [0.2, 0.25) is 5.02 Å². The average molecular weight is 386 g/mol. The minimum atomic E-state index is 0.657. The van der Waals surface area contributed by atoms with Gasteiger partial charge in [0.1, 0.15) is 5.03 Å². The van der Waals surface area contributed by atoms with E-state index in [0.29, 0.717) is 10.9 Å². The summed E-state index contributed by atoms with van der Waals surface area (Å²) in [6.45, 7) is 6.30. The largest absolute Gasteiger partial charge is 0.312 e. The van der Waals surface area contributed by atoms with Crippen LogP contribution in [0, 0.1) is 5.92 Å². The van der Waals surface area contributed by atoms with Gasteiger partial charge < -0.3 is 5.32 Å². The van der Waals surface area contributed by atoms with Crippen LogP contribution in [0.4, 0.5) is 0 Å². The molecule has 2 rings (SSSR count). The van der Waals surface area contributed by atoms with E-state index in [4.69, 9.17) is 11.6 Å². The van der Waals surface area contributed by atoms with E-state index in [0.717, 1.165) is 27.5 Å². The third kappa shape index (κ3) is 5.29. The number of halogens is 2. The molecule has 2 nitrogen and oxygen atoms in total. The fourth-order valence-corrected chi connectivity index (χ4v) is 3.51. The lowest BCUT2D eigenvalue weighted by Gasteiger charge is -2.10. The molecule has 112 valence electrons. The maximum absolute atomic E-state index is 6.14. The van der Waals surface area contributed by atoms with Crippen LogP contribution in [0.15, 0.2) is 50.9 Å². The molecule has 0 fully saturated rings. The van der Waals surface area contributed by atoms with Crippen molar-refractivity contribution in [2.75, 3.05) is 6.54 Å². The predicted octanol–water partition coefficient (Wildman–Crippen LogP) is 5.39. The van der Waals surface area contributed by atoms with Gasteiger partial charge in [-0.05, 0) is 42.3 Å². The topological polar surface area (TPSA) is 24.9 Å². The van der Waals surface area contributed by atoms with E-state index in [2.05, 4.69) is 58.3 Å². The number of nitrogens with zero attached hydrogens (tertiary/aromatic N) is 1. The Labute approximate surface area is 143 Å². The van der Waals surface area contributed by atoms with Crippen LogP contribution in [0.25, 0.3) is 0 Å². The van der Waals surface area contributed by atoms with Gasteiger partial charge in [-0.2, -0.15) is 0 Å². The molecule has 0 amide bonds. The Morgan fingerprint density at radius 2 is 2.14 bits per heavy atom. The molecule has 0 saturated carbocycles. The first kappa shape index (κ1) is 16.8. The fraction of sp³-hybridized carbons (Fsp3) is 0.312. The molecular weight excluding hydrogens is 368 g/mol. The van der Waals surface area contributed by atoms with Gasteiger partial charge in [-0.3, -0.25) is 0 Å². The Bertz CT molecular complexity index is 605. The zero-order valence-electron chi connectivity index (χ0n) is 12.1. The summed E-state index contributed by atoms with van der Waals surface area (Å²) in [4.78, 5) is 5.42. The van der Waals surface area contributed by atoms with E-state index >= 15 is 0 Å². The molecular formula is C16H18BrClN2S. The molecule has 5 heteroatoms. The minimum Gasteiger partial charge on any atom is -0.312 e. The monoisotopic (exact) mass is 384 g/mol. The van der Waals surface area contributed by atoms with Crippen LogP contribution in [-0.4, -0.2) is 11.5 Å². The smallest absolute Gasteiger partial charge is 0.119 e. The lowest BCUT2D eigenvalue weighted by molar-refractivity contribution is 0.551. The molecule has 1 aromatic heterocycles. The summed E-state index contributed by atoms with van der Waals surface area (Å²) in [6, 6.07) is 10.0. The number of nitrogens with one attached hydrogen (secondary N) is 1. The highest BCUT2D eigenvalue weighted by Crippen LogP contribution is 2.33. The molecule has 1 heterocycles. The molecule has 0 spiro atoms. The van der Waals surface area contributed by atoms with Crippen molar-refractivity contribution >= 4 is 39.3 Å². The van der Waals surface area contributed by atoms with E-state index in [1.807, 2.05) is 12.1 Å². The lowest BCUT2D eigenvalue weighted by atomic mass is 10.2. The Morgan fingerprint density at radius 3 is 2.81 bits per heavy atom. The van der Waals surface area contributed by atoms with Crippen molar-refractivity contribution in [3.8, 4) is 0 Å². The maximum Gasteiger partial charge on any atom is 0.119 e. The van der Waals surface area contributed by atoms with Gasteiger partial charge in [0.05, 0.1) is 5.02 Å². The summed E-state index contributed by atoms with van der Waals surface area (Å²) < 4.78 is 1.11. The van der Waals surface area contributed by atoms with Gasteiger partial charge in [-0.1, -0.05) is 59.2 Å². The molecule has 0 unspecified atom stereocenters. The fourth-order valence-electron chi connectivity index (χ4n) is 1.79. The standard InChI is InChI=1S/C16H18BrClN2S/c1-11(2)9-19-10-12-5-6-13(8-14(12)17)21-16-15(18)4-3-7-20-16/h3-8,11,19H,9-10H2,1-2H3. The molecule has 0 aliphatic rings. The highest BCUT2D eigenvalue weighted by atomic mass is 79.9. The second kappa shape index (κ2) is 8.18. The molecule has 0 saturated heterocycles. The van der Waals surface area contributed by atoms with E-state index in [-0.39, 0.29) is 0 Å². The van der Waals surface area contributed by atoms with Gasteiger partial charge >= 0.3 is 0 Å². The van der Waals surface area contributed by atoms with Crippen molar-refractivity contribution in [2.24, 2.45) is 5.92 Å². The highest BCUT2D eigenvalue weighted by molar-refractivity contribution is 9.10. The molecule has 1 N–H and O–H groups in total. The number of rotatable bonds is 6. The van der Waals surface area contributed by atoms with Crippen LogP contribution in [-0.2, 0) is 6.54 Å². The van der Waals surface area contributed by atoms with Crippen molar-refractivity contribution in [1.29, 1.82) is 0 Å². The van der Waals surface area contributed by atoms with Crippen molar-refractivity contribution in [1.82, 2.24) is 10.3 Å².